The molecule has 0 saturated heterocycles. The Morgan fingerprint density at radius 3 is 2.30 bits per heavy atom. The number of nitrogens with zero attached hydrogens (tertiary/aromatic N) is 1. The Labute approximate surface area is 147 Å². The van der Waals surface area contributed by atoms with Crippen molar-refractivity contribution < 1.29 is 9.53 Å². The second-order valence-corrected chi connectivity index (χ2v) is 6.83. The van der Waals surface area contributed by atoms with Gasteiger partial charge in [-0.2, -0.15) is 0 Å². The molecule has 0 unspecified atom stereocenters. The molecule has 132 valence electrons. The average molecular weight is 343 g/mol. The summed E-state index contributed by atoms with van der Waals surface area (Å²) in [5.41, 5.74) is 1.33. The van der Waals surface area contributed by atoms with Crippen molar-refractivity contribution in [3.63, 3.8) is 0 Å². The van der Waals surface area contributed by atoms with Gasteiger partial charge in [0, 0.05) is 26.1 Å². The fourth-order valence-corrected chi connectivity index (χ4v) is 2.31. The Balaban J connectivity index is 0.00000484. The highest BCUT2D eigenvalue weighted by Crippen LogP contribution is 2.17. The number of ether oxygens (including phenoxy) is 1. The van der Waals surface area contributed by atoms with Crippen LogP contribution in [-0.4, -0.2) is 44.6 Å². The van der Waals surface area contributed by atoms with Gasteiger partial charge in [0.25, 0.3) is 0 Å². The Kier molecular flexibility index (Phi) is 9.93. The lowest BCUT2D eigenvalue weighted by molar-refractivity contribution is -0.132. The minimum Gasteiger partial charge on any atom is -0.497 e. The summed E-state index contributed by atoms with van der Waals surface area (Å²) < 4.78 is 5.17. The lowest BCUT2D eigenvalue weighted by Gasteiger charge is -2.30. The summed E-state index contributed by atoms with van der Waals surface area (Å²) in [5, 5.41) is 3.04. The molecular formula is C18H31ClN2O2. The van der Waals surface area contributed by atoms with E-state index in [0.29, 0.717) is 6.42 Å². The third kappa shape index (κ3) is 8.82. The van der Waals surface area contributed by atoms with Crippen molar-refractivity contribution in [2.45, 2.75) is 33.6 Å². The predicted molar refractivity (Wildman–Crippen MR) is 98.5 cm³/mol. The highest BCUT2D eigenvalue weighted by atomic mass is 35.5. The summed E-state index contributed by atoms with van der Waals surface area (Å²) in [7, 11) is 3.54. The number of methoxy groups -OCH3 is 1. The minimum absolute atomic E-state index is 0. The van der Waals surface area contributed by atoms with Crippen LogP contribution in [-0.2, 0) is 11.2 Å². The standard InChI is InChI=1S/C18H30N2O2.ClH/c1-18(2,3)14-20(17(21)10-12-19-4)13-11-15-6-8-16(22-5)9-7-15;/h6-9,19H,10-14H2,1-5H3;1H. The Morgan fingerprint density at radius 1 is 1.22 bits per heavy atom. The minimum atomic E-state index is 0. The summed E-state index contributed by atoms with van der Waals surface area (Å²) >= 11 is 0. The Bertz CT molecular complexity index is 455. The fraction of sp³-hybridized carbons (Fsp3) is 0.611. The SMILES string of the molecule is CNCCC(=O)N(CCc1ccc(OC)cc1)CC(C)(C)C.Cl. The van der Waals surface area contributed by atoms with Crippen LogP contribution in [0.5, 0.6) is 5.75 Å². The molecular weight excluding hydrogens is 312 g/mol. The van der Waals surface area contributed by atoms with Crippen LogP contribution >= 0.6 is 12.4 Å². The van der Waals surface area contributed by atoms with Gasteiger partial charge in [0.05, 0.1) is 7.11 Å². The van der Waals surface area contributed by atoms with Crippen LogP contribution in [0.2, 0.25) is 0 Å². The van der Waals surface area contributed by atoms with Crippen molar-refractivity contribution in [1.29, 1.82) is 0 Å². The first-order valence-electron chi connectivity index (χ1n) is 7.91. The summed E-state index contributed by atoms with van der Waals surface area (Å²) in [6.07, 6.45) is 1.42. The molecule has 0 aliphatic carbocycles. The van der Waals surface area contributed by atoms with Crippen LogP contribution in [0, 0.1) is 5.41 Å². The Hall–Kier alpha value is -1.26. The monoisotopic (exact) mass is 342 g/mol. The van der Waals surface area contributed by atoms with Crippen LogP contribution in [0.25, 0.3) is 0 Å². The number of benzene rings is 1. The van der Waals surface area contributed by atoms with Gasteiger partial charge in [-0.15, -0.1) is 12.4 Å². The van der Waals surface area contributed by atoms with E-state index >= 15 is 0 Å². The molecule has 0 aliphatic heterocycles. The smallest absolute Gasteiger partial charge is 0.223 e. The van der Waals surface area contributed by atoms with E-state index in [9.17, 15) is 4.79 Å². The first kappa shape index (κ1) is 21.7. The summed E-state index contributed by atoms with van der Waals surface area (Å²) in [5.74, 6) is 1.08. The maximum atomic E-state index is 12.4. The molecule has 0 aliphatic rings. The number of amides is 1. The highest BCUT2D eigenvalue weighted by molar-refractivity contribution is 5.85. The summed E-state index contributed by atoms with van der Waals surface area (Å²) in [6, 6.07) is 8.05. The van der Waals surface area contributed by atoms with Crippen LogP contribution in [0.15, 0.2) is 24.3 Å². The molecule has 1 aromatic rings. The van der Waals surface area contributed by atoms with Crippen molar-refractivity contribution >= 4 is 18.3 Å². The second-order valence-electron chi connectivity index (χ2n) is 6.83. The molecule has 0 radical (unpaired) electrons. The molecule has 0 atom stereocenters. The van der Waals surface area contributed by atoms with E-state index in [1.165, 1.54) is 5.56 Å². The average Bonchev–Trinajstić information content (AvgIpc) is 2.48. The van der Waals surface area contributed by atoms with E-state index in [1.54, 1.807) is 7.11 Å². The molecule has 0 aromatic heterocycles. The summed E-state index contributed by atoms with van der Waals surface area (Å²) in [6.45, 7) is 8.76. The number of hydrogen-bond donors (Lipinski definition) is 1. The molecule has 0 fully saturated rings. The van der Waals surface area contributed by atoms with Gasteiger partial charge in [0.15, 0.2) is 0 Å². The number of nitrogens with one attached hydrogen (secondary N) is 1. The van der Waals surface area contributed by atoms with Crippen molar-refractivity contribution in [2.75, 3.05) is 33.8 Å². The number of rotatable bonds is 8. The van der Waals surface area contributed by atoms with E-state index < -0.39 is 0 Å². The van der Waals surface area contributed by atoms with E-state index in [4.69, 9.17) is 4.74 Å². The Morgan fingerprint density at radius 2 is 1.83 bits per heavy atom. The molecule has 4 nitrogen and oxygen atoms in total. The van der Waals surface area contributed by atoms with Gasteiger partial charge in [0.2, 0.25) is 5.91 Å². The number of carbonyl (C=O) groups excluding carboxylic acids is 1. The fourth-order valence-electron chi connectivity index (χ4n) is 2.31. The van der Waals surface area contributed by atoms with Crippen LogP contribution in [0.3, 0.4) is 0 Å². The quantitative estimate of drug-likeness (QED) is 0.789. The van der Waals surface area contributed by atoms with Crippen molar-refractivity contribution in [3.8, 4) is 5.75 Å². The van der Waals surface area contributed by atoms with Gasteiger partial charge >= 0.3 is 0 Å². The molecule has 23 heavy (non-hydrogen) atoms. The zero-order valence-corrected chi connectivity index (χ0v) is 15.8. The van der Waals surface area contributed by atoms with Crippen molar-refractivity contribution in [3.05, 3.63) is 29.8 Å². The number of halogens is 1. The van der Waals surface area contributed by atoms with Crippen LogP contribution < -0.4 is 10.1 Å². The lowest BCUT2D eigenvalue weighted by atomic mass is 9.95. The van der Waals surface area contributed by atoms with E-state index in [0.717, 1.165) is 31.8 Å². The van der Waals surface area contributed by atoms with Gasteiger partial charge in [-0.3, -0.25) is 4.79 Å². The highest BCUT2D eigenvalue weighted by Gasteiger charge is 2.20. The molecule has 1 amide bonds. The molecule has 1 aromatic carbocycles. The third-order valence-corrected chi connectivity index (χ3v) is 3.44. The zero-order valence-electron chi connectivity index (χ0n) is 15.0. The first-order valence-corrected chi connectivity index (χ1v) is 7.91. The number of hydrogen-bond acceptors (Lipinski definition) is 3. The molecule has 1 rings (SSSR count). The van der Waals surface area contributed by atoms with Gasteiger partial charge < -0.3 is 15.0 Å². The van der Waals surface area contributed by atoms with Gasteiger partial charge in [-0.05, 0) is 36.6 Å². The van der Waals surface area contributed by atoms with Crippen molar-refractivity contribution in [1.82, 2.24) is 10.2 Å². The molecule has 0 spiro atoms. The molecule has 5 heteroatoms. The third-order valence-electron chi connectivity index (χ3n) is 3.44. The van der Waals surface area contributed by atoms with Gasteiger partial charge in [-0.25, -0.2) is 0 Å². The molecule has 1 N–H and O–H groups in total. The van der Waals surface area contributed by atoms with E-state index in [2.05, 4.69) is 38.2 Å². The van der Waals surface area contributed by atoms with Gasteiger partial charge in [-0.1, -0.05) is 32.9 Å². The topological polar surface area (TPSA) is 41.6 Å². The predicted octanol–water partition coefficient (Wildman–Crippen LogP) is 3.14. The molecule has 0 saturated carbocycles. The normalized spacial score (nSPS) is 10.8. The largest absolute Gasteiger partial charge is 0.497 e. The van der Waals surface area contributed by atoms with Crippen molar-refractivity contribution in [2.24, 2.45) is 5.41 Å². The lowest BCUT2D eigenvalue weighted by Crippen LogP contribution is -2.40. The van der Waals surface area contributed by atoms with Crippen LogP contribution in [0.1, 0.15) is 32.8 Å². The number of carbonyl (C=O) groups is 1. The second kappa shape index (κ2) is 10.5. The van der Waals surface area contributed by atoms with Crippen LogP contribution in [0.4, 0.5) is 0 Å². The van der Waals surface area contributed by atoms with E-state index in [-0.39, 0.29) is 23.7 Å². The first-order chi connectivity index (χ1) is 10.4. The molecule has 0 heterocycles. The molecule has 0 bridgehead atoms. The summed E-state index contributed by atoms with van der Waals surface area (Å²) in [4.78, 5) is 14.4. The van der Waals surface area contributed by atoms with E-state index in [1.807, 2.05) is 24.1 Å². The zero-order chi connectivity index (χ0) is 16.6. The maximum absolute atomic E-state index is 12.4. The van der Waals surface area contributed by atoms with Gasteiger partial charge in [0.1, 0.15) is 5.75 Å². The maximum Gasteiger partial charge on any atom is 0.223 e.